The van der Waals surface area contributed by atoms with Crippen LogP contribution in [0, 0.1) is 7.05 Å². The predicted molar refractivity (Wildman–Crippen MR) is 93.7 cm³/mol. The van der Waals surface area contributed by atoms with Crippen LogP contribution in [0.3, 0.4) is 0 Å². The van der Waals surface area contributed by atoms with Gasteiger partial charge in [0.15, 0.2) is 11.5 Å². The Balaban J connectivity index is 1.96. The Morgan fingerprint density at radius 2 is 1.65 bits per heavy atom. The number of methoxy groups -OCH3 is 2. The van der Waals surface area contributed by atoms with E-state index in [-0.39, 0.29) is 17.6 Å². The van der Waals surface area contributed by atoms with E-state index in [4.69, 9.17) is 18.8 Å². The summed E-state index contributed by atoms with van der Waals surface area (Å²) < 4.78 is 21.1. The summed E-state index contributed by atoms with van der Waals surface area (Å²) in [6.07, 6.45) is 1.50. The third-order valence-corrected chi connectivity index (χ3v) is 3.98. The van der Waals surface area contributed by atoms with Gasteiger partial charge in [-0.1, -0.05) is 6.07 Å². The Morgan fingerprint density at radius 1 is 1.08 bits per heavy atom. The maximum Gasteiger partial charge on any atom is 0.313 e. The molecule has 1 aliphatic rings. The van der Waals surface area contributed by atoms with Crippen molar-refractivity contribution in [1.29, 1.82) is 0 Å². The molecule has 0 saturated carbocycles. The van der Waals surface area contributed by atoms with Gasteiger partial charge in [0.2, 0.25) is 0 Å². The van der Waals surface area contributed by atoms with Crippen molar-refractivity contribution >= 4 is 35.4 Å². The highest BCUT2D eigenvalue weighted by molar-refractivity contribution is 6.64. The maximum absolute atomic E-state index is 12.1. The van der Waals surface area contributed by atoms with Crippen molar-refractivity contribution in [2.75, 3.05) is 34.4 Å². The second kappa shape index (κ2) is 6.83. The molecule has 2 aromatic rings. The zero-order chi connectivity index (χ0) is 18.9. The molecular weight excluding hydrogens is 339 g/mol. The van der Waals surface area contributed by atoms with Crippen molar-refractivity contribution in [3.05, 3.63) is 31.4 Å². The number of rotatable bonds is 3. The summed E-state index contributed by atoms with van der Waals surface area (Å²) in [5, 5.41) is 0.729. The Labute approximate surface area is 151 Å². The highest BCUT2D eigenvalue weighted by Crippen LogP contribution is 2.30. The van der Waals surface area contributed by atoms with E-state index in [1.54, 1.807) is 32.4 Å². The van der Waals surface area contributed by atoms with Gasteiger partial charge < -0.3 is 23.3 Å². The Bertz CT molecular complexity index is 848. The number of quaternary nitrogens is 1. The van der Waals surface area contributed by atoms with Crippen molar-refractivity contribution in [2.24, 2.45) is 0 Å². The summed E-state index contributed by atoms with van der Waals surface area (Å²) >= 11 is 0. The highest BCUT2D eigenvalue weighted by Gasteiger charge is 2.26. The third kappa shape index (κ3) is 3.72. The predicted octanol–water partition coefficient (Wildman–Crippen LogP) is 0.285. The first-order valence-electron chi connectivity index (χ1n) is 7.91. The second-order valence-corrected chi connectivity index (χ2v) is 6.42. The monoisotopic (exact) mass is 358 g/mol. The van der Waals surface area contributed by atoms with E-state index in [2.05, 4.69) is 12.0 Å². The zero-order valence-electron chi connectivity index (χ0n) is 14.9. The van der Waals surface area contributed by atoms with Crippen molar-refractivity contribution in [1.82, 2.24) is 4.98 Å². The van der Waals surface area contributed by atoms with Crippen molar-refractivity contribution in [3.8, 4) is 11.5 Å². The molecule has 1 radical (unpaired) electrons. The number of likely N-dealkylation sites (N-methyl/N-ethyl adjacent to an activating group) is 1. The fraction of sp³-hybridized carbons (Fsp3) is 0.294. The van der Waals surface area contributed by atoms with Crippen LogP contribution in [0.4, 0.5) is 0 Å². The van der Waals surface area contributed by atoms with Gasteiger partial charge in [0.05, 0.1) is 19.7 Å². The Morgan fingerprint density at radius 3 is 2.23 bits per heavy atom. The normalized spacial score (nSPS) is 17.8. The largest absolute Gasteiger partial charge is 0.668 e. The molecule has 0 unspecified atom stereocenters. The van der Waals surface area contributed by atoms with Crippen LogP contribution in [0.2, 0.25) is 0 Å². The van der Waals surface area contributed by atoms with Gasteiger partial charge >= 0.3 is 19.1 Å². The summed E-state index contributed by atoms with van der Waals surface area (Å²) in [6.45, 7) is -0.0603. The van der Waals surface area contributed by atoms with E-state index < -0.39 is 19.1 Å². The summed E-state index contributed by atoms with van der Waals surface area (Å²) in [7, 11) is 7.38. The lowest BCUT2D eigenvalue weighted by atomic mass is 9.79. The van der Waals surface area contributed by atoms with Crippen LogP contribution in [0.15, 0.2) is 24.4 Å². The molecule has 0 aliphatic carbocycles. The van der Waals surface area contributed by atoms with E-state index in [9.17, 15) is 9.59 Å². The molecular formula is C17H19BN2O6-. The van der Waals surface area contributed by atoms with Gasteiger partial charge in [0.25, 0.3) is 0 Å². The average molecular weight is 358 g/mol. The second-order valence-electron chi connectivity index (χ2n) is 6.42. The SMILES string of the molecule is [CH2-][N+]1(C)CC(=O)O[B-](c2cnc3cc(OC)c(OC)cc3c2)OC(=O)C1. The molecule has 0 atom stereocenters. The van der Waals surface area contributed by atoms with Crippen LogP contribution < -0.4 is 14.9 Å². The molecule has 0 spiro atoms. The standard InChI is InChI=1S/C17H19BN2O6/c1-20(2)9-16(21)25-18(26-17(22)10-20)12-5-11-6-14(23-3)15(24-4)7-13(11)19-8-12/h5-8H,1,9-10H2,2-4H3/q-1. The molecule has 0 bridgehead atoms. The molecule has 137 valence electrons. The lowest BCUT2D eigenvalue weighted by Gasteiger charge is -2.42. The van der Waals surface area contributed by atoms with Gasteiger partial charge in [0.1, 0.15) is 13.1 Å². The number of hydrogen-bond donors (Lipinski definition) is 0. The summed E-state index contributed by atoms with van der Waals surface area (Å²) in [5.74, 6) is 0.0760. The van der Waals surface area contributed by atoms with Crippen molar-refractivity contribution in [2.45, 2.75) is 0 Å². The Kier molecular flexibility index (Phi) is 4.73. The summed E-state index contributed by atoms with van der Waals surface area (Å²) in [6, 6.07) is 5.22. The molecule has 1 aromatic carbocycles. The number of benzene rings is 1. The van der Waals surface area contributed by atoms with Gasteiger partial charge in [-0.15, -0.1) is 12.5 Å². The van der Waals surface area contributed by atoms with Crippen molar-refractivity contribution in [3.63, 3.8) is 0 Å². The third-order valence-electron chi connectivity index (χ3n) is 3.98. The number of hydrogen-bond acceptors (Lipinski definition) is 7. The number of aromatic nitrogens is 1. The number of nitrogens with zero attached hydrogens (tertiary/aromatic N) is 2. The quantitative estimate of drug-likeness (QED) is 0.443. The van der Waals surface area contributed by atoms with Gasteiger partial charge in [-0.3, -0.25) is 14.6 Å². The fourth-order valence-electron chi connectivity index (χ4n) is 2.75. The van der Waals surface area contributed by atoms with Gasteiger partial charge in [-0.05, 0) is 12.3 Å². The van der Waals surface area contributed by atoms with E-state index >= 15 is 0 Å². The topological polar surface area (TPSA) is 84.0 Å². The molecule has 0 N–H and O–H groups in total. The van der Waals surface area contributed by atoms with Crippen LogP contribution in [0.1, 0.15) is 0 Å². The lowest BCUT2D eigenvalue weighted by molar-refractivity contribution is -0.851. The zero-order valence-corrected chi connectivity index (χ0v) is 14.9. The van der Waals surface area contributed by atoms with Gasteiger partial charge in [0, 0.05) is 18.5 Å². The first-order chi connectivity index (χ1) is 12.3. The molecule has 0 amide bonds. The molecule has 9 heteroatoms. The first-order valence-corrected chi connectivity index (χ1v) is 7.91. The molecule has 26 heavy (non-hydrogen) atoms. The van der Waals surface area contributed by atoms with Crippen LogP contribution in [-0.2, 0) is 18.9 Å². The molecule has 8 nitrogen and oxygen atoms in total. The molecule has 2 heterocycles. The van der Waals surface area contributed by atoms with Gasteiger partial charge in [-0.25, -0.2) is 0 Å². The highest BCUT2D eigenvalue weighted by atomic mass is 16.6. The van der Waals surface area contributed by atoms with Crippen LogP contribution in [0.25, 0.3) is 10.9 Å². The van der Waals surface area contributed by atoms with Gasteiger partial charge in [-0.2, -0.15) is 0 Å². The van der Waals surface area contributed by atoms with E-state index in [1.807, 2.05) is 0 Å². The number of pyridine rings is 1. The van der Waals surface area contributed by atoms with E-state index in [1.165, 1.54) is 13.3 Å². The average Bonchev–Trinajstić information content (AvgIpc) is 2.57. The molecule has 1 aliphatic heterocycles. The Hall–Kier alpha value is -2.81. The summed E-state index contributed by atoms with van der Waals surface area (Å²) in [4.78, 5) is 28.5. The van der Waals surface area contributed by atoms with Crippen molar-refractivity contribution < 1.29 is 32.9 Å². The van der Waals surface area contributed by atoms with Crippen LogP contribution in [-0.4, -0.2) is 62.9 Å². The number of carbonyl (C=O) groups is 2. The van der Waals surface area contributed by atoms with E-state index in [0.29, 0.717) is 22.5 Å². The minimum Gasteiger partial charge on any atom is -0.668 e. The first kappa shape index (κ1) is 18.0. The number of carbonyl (C=O) groups excluding carboxylic acids is 2. The number of ether oxygens (including phenoxy) is 2. The molecule has 1 fully saturated rings. The van der Waals surface area contributed by atoms with E-state index in [0.717, 1.165) is 5.39 Å². The maximum atomic E-state index is 12.1. The minimum atomic E-state index is -1.15. The minimum absolute atomic E-state index is 0.0301. The van der Waals surface area contributed by atoms with Crippen LogP contribution >= 0.6 is 0 Å². The molecule has 1 saturated heterocycles. The summed E-state index contributed by atoms with van der Waals surface area (Å²) in [5.41, 5.74) is 1.11. The number of fused-ring (bicyclic) bond motifs is 1. The molecule has 1 aromatic heterocycles. The molecule has 3 rings (SSSR count). The lowest BCUT2D eigenvalue weighted by Crippen LogP contribution is -2.53. The van der Waals surface area contributed by atoms with Crippen LogP contribution in [0.5, 0.6) is 11.5 Å². The fourth-order valence-corrected chi connectivity index (χ4v) is 2.75. The smallest absolute Gasteiger partial charge is 0.313 e.